The van der Waals surface area contributed by atoms with Gasteiger partial charge in [0.1, 0.15) is 12.4 Å². The fourth-order valence-corrected chi connectivity index (χ4v) is 2.47. The quantitative estimate of drug-likeness (QED) is 0.671. The first-order valence-corrected chi connectivity index (χ1v) is 8.10. The van der Waals surface area contributed by atoms with Crippen LogP contribution in [0.25, 0.3) is 0 Å². The van der Waals surface area contributed by atoms with Crippen LogP contribution in [0.5, 0.6) is 17.2 Å². The first-order valence-electron chi connectivity index (χ1n) is 8.10. The van der Waals surface area contributed by atoms with Gasteiger partial charge in [-0.3, -0.25) is 4.79 Å². The van der Waals surface area contributed by atoms with Gasteiger partial charge in [-0.2, -0.15) is 5.10 Å². The largest absolute Gasteiger partial charge is 0.497 e. The van der Waals surface area contributed by atoms with Crippen molar-refractivity contribution >= 4 is 11.6 Å². The highest BCUT2D eigenvalue weighted by Gasteiger charge is 2.27. The molecule has 0 spiro atoms. The number of carbonyl (C=O) groups is 1. The number of para-hydroxylation sites is 2. The van der Waals surface area contributed by atoms with Crippen LogP contribution in [0.2, 0.25) is 0 Å². The van der Waals surface area contributed by atoms with Gasteiger partial charge in [0, 0.05) is 0 Å². The Labute approximate surface area is 146 Å². The van der Waals surface area contributed by atoms with Crippen LogP contribution in [0.4, 0.5) is 0 Å². The molecule has 0 aromatic heterocycles. The minimum absolute atomic E-state index is 0.155. The number of rotatable bonds is 5. The summed E-state index contributed by atoms with van der Waals surface area (Å²) in [4.78, 5) is 12.3. The molecular weight excluding hydrogens is 320 g/mol. The lowest BCUT2D eigenvalue weighted by atomic mass is 10.1. The number of benzene rings is 2. The van der Waals surface area contributed by atoms with Gasteiger partial charge in [0.15, 0.2) is 11.5 Å². The Kier molecular flexibility index (Phi) is 5.18. The number of ether oxygens (including phenoxy) is 3. The van der Waals surface area contributed by atoms with Crippen molar-refractivity contribution in [2.75, 3.05) is 13.7 Å². The molecule has 0 aliphatic carbocycles. The smallest absolute Gasteiger partial charge is 0.284 e. The highest BCUT2D eigenvalue weighted by molar-refractivity contribution is 6.01. The molecule has 6 heteroatoms. The first-order chi connectivity index (χ1) is 12.2. The second-order valence-corrected chi connectivity index (χ2v) is 5.48. The number of hydrogen-bond donors (Lipinski definition) is 1. The number of fused-ring (bicyclic) bond motifs is 1. The highest BCUT2D eigenvalue weighted by atomic mass is 16.6. The molecule has 0 saturated carbocycles. The molecule has 0 fully saturated rings. The van der Waals surface area contributed by atoms with Crippen LogP contribution in [-0.2, 0) is 4.79 Å². The van der Waals surface area contributed by atoms with E-state index < -0.39 is 6.10 Å². The predicted molar refractivity (Wildman–Crippen MR) is 94.3 cm³/mol. The number of methoxy groups -OCH3 is 1. The Balaban J connectivity index is 1.66. The molecule has 1 amide bonds. The van der Waals surface area contributed by atoms with Crippen LogP contribution in [0.15, 0.2) is 53.6 Å². The number of amides is 1. The fourth-order valence-electron chi connectivity index (χ4n) is 2.47. The molecular formula is C19H20N2O4. The van der Waals surface area contributed by atoms with Crippen molar-refractivity contribution in [3.05, 3.63) is 54.1 Å². The summed E-state index contributed by atoms with van der Waals surface area (Å²) >= 11 is 0. The summed E-state index contributed by atoms with van der Waals surface area (Å²) in [5, 5.41) is 4.24. The Morgan fingerprint density at radius 3 is 2.60 bits per heavy atom. The molecule has 0 saturated heterocycles. The van der Waals surface area contributed by atoms with E-state index in [4.69, 9.17) is 14.2 Å². The number of carbonyl (C=O) groups excluding carboxylic acids is 1. The lowest BCUT2D eigenvalue weighted by Gasteiger charge is -2.24. The summed E-state index contributed by atoms with van der Waals surface area (Å²) in [5.74, 6) is 1.63. The minimum Gasteiger partial charge on any atom is -0.497 e. The zero-order chi connectivity index (χ0) is 17.6. The van der Waals surface area contributed by atoms with Crippen LogP contribution < -0.4 is 19.6 Å². The molecule has 6 nitrogen and oxygen atoms in total. The summed E-state index contributed by atoms with van der Waals surface area (Å²) in [5.41, 5.74) is 4.27. The van der Waals surface area contributed by atoms with Crippen LogP contribution in [0, 0.1) is 0 Å². The van der Waals surface area contributed by atoms with Gasteiger partial charge in [0.2, 0.25) is 6.10 Å². The van der Waals surface area contributed by atoms with Crippen LogP contribution >= 0.6 is 0 Å². The molecule has 1 heterocycles. The third-order valence-electron chi connectivity index (χ3n) is 3.86. The molecule has 1 aliphatic heterocycles. The Hall–Kier alpha value is -3.02. The summed E-state index contributed by atoms with van der Waals surface area (Å²) in [7, 11) is 1.62. The molecule has 0 bridgehead atoms. The zero-order valence-corrected chi connectivity index (χ0v) is 14.2. The van der Waals surface area contributed by atoms with E-state index in [0.29, 0.717) is 17.9 Å². The van der Waals surface area contributed by atoms with E-state index >= 15 is 0 Å². The number of hydrogen-bond acceptors (Lipinski definition) is 5. The first kappa shape index (κ1) is 16.8. The van der Waals surface area contributed by atoms with E-state index in [1.165, 1.54) is 0 Å². The normalized spacial score (nSPS) is 16.2. The number of nitrogens with one attached hydrogen (secondary N) is 1. The van der Waals surface area contributed by atoms with Crippen molar-refractivity contribution in [2.45, 2.75) is 19.4 Å². The van der Waals surface area contributed by atoms with Gasteiger partial charge in [0.05, 0.1) is 12.8 Å². The van der Waals surface area contributed by atoms with Crippen LogP contribution in [-0.4, -0.2) is 31.4 Å². The predicted octanol–water partition coefficient (Wildman–Crippen LogP) is 2.77. The minimum atomic E-state index is -0.729. The molecule has 25 heavy (non-hydrogen) atoms. The molecule has 130 valence electrons. The van der Waals surface area contributed by atoms with Gasteiger partial charge >= 0.3 is 0 Å². The molecule has 1 aliphatic rings. The van der Waals surface area contributed by atoms with Crippen molar-refractivity contribution in [3.8, 4) is 17.2 Å². The standard InChI is InChI=1S/C19H20N2O4/c1-3-15(13-8-10-14(23-2)11-9-13)20-21-19(22)18-12-24-16-6-4-5-7-17(16)25-18/h4-11,18H,3,12H2,1-2H3,(H,21,22)/b20-15-/t18-/m1/s1. The lowest BCUT2D eigenvalue weighted by molar-refractivity contribution is -0.130. The van der Waals surface area contributed by atoms with E-state index in [9.17, 15) is 4.79 Å². The van der Waals surface area contributed by atoms with Crippen LogP contribution in [0.1, 0.15) is 18.9 Å². The third-order valence-corrected chi connectivity index (χ3v) is 3.86. The summed E-state index contributed by atoms with van der Waals surface area (Å²) in [6, 6.07) is 14.8. The Morgan fingerprint density at radius 2 is 1.92 bits per heavy atom. The van der Waals surface area contributed by atoms with E-state index in [1.807, 2.05) is 43.3 Å². The summed E-state index contributed by atoms with van der Waals surface area (Å²) < 4.78 is 16.4. The highest BCUT2D eigenvalue weighted by Crippen LogP contribution is 2.30. The van der Waals surface area contributed by atoms with Crippen LogP contribution in [0.3, 0.4) is 0 Å². The van der Waals surface area contributed by atoms with Crippen molar-refractivity contribution in [2.24, 2.45) is 5.10 Å². The zero-order valence-electron chi connectivity index (χ0n) is 14.2. The molecule has 2 aromatic rings. The van der Waals surface area contributed by atoms with E-state index in [1.54, 1.807) is 19.2 Å². The van der Waals surface area contributed by atoms with Crippen molar-refractivity contribution in [3.63, 3.8) is 0 Å². The maximum Gasteiger partial charge on any atom is 0.284 e. The average Bonchev–Trinajstić information content (AvgIpc) is 2.68. The number of hydrazone groups is 1. The molecule has 1 N–H and O–H groups in total. The average molecular weight is 340 g/mol. The fraction of sp³-hybridized carbons (Fsp3) is 0.263. The SMILES string of the molecule is CC/C(=N/NC(=O)[C@H]1COc2ccccc2O1)c1ccc(OC)cc1. The van der Waals surface area contributed by atoms with Gasteiger partial charge in [0.25, 0.3) is 5.91 Å². The summed E-state index contributed by atoms with van der Waals surface area (Å²) in [6.45, 7) is 2.13. The van der Waals surface area contributed by atoms with Gasteiger partial charge < -0.3 is 14.2 Å². The third kappa shape index (κ3) is 3.91. The molecule has 1 atom stereocenters. The van der Waals surface area contributed by atoms with Gasteiger partial charge in [-0.15, -0.1) is 0 Å². The maximum atomic E-state index is 12.3. The van der Waals surface area contributed by atoms with Gasteiger partial charge in [-0.25, -0.2) is 5.43 Å². The molecule has 2 aromatic carbocycles. The van der Waals surface area contributed by atoms with Gasteiger partial charge in [-0.05, 0) is 48.4 Å². The summed E-state index contributed by atoms with van der Waals surface area (Å²) in [6.07, 6.45) is -0.0510. The van der Waals surface area contributed by atoms with Crippen molar-refractivity contribution in [1.29, 1.82) is 0 Å². The topological polar surface area (TPSA) is 69.2 Å². The van der Waals surface area contributed by atoms with E-state index in [2.05, 4.69) is 10.5 Å². The van der Waals surface area contributed by atoms with E-state index in [-0.39, 0.29) is 12.5 Å². The number of nitrogens with zero attached hydrogens (tertiary/aromatic N) is 1. The lowest BCUT2D eigenvalue weighted by Crippen LogP contribution is -2.42. The Morgan fingerprint density at radius 1 is 1.20 bits per heavy atom. The second-order valence-electron chi connectivity index (χ2n) is 5.48. The van der Waals surface area contributed by atoms with E-state index in [0.717, 1.165) is 17.0 Å². The molecule has 0 unspecified atom stereocenters. The van der Waals surface area contributed by atoms with Crippen molar-refractivity contribution in [1.82, 2.24) is 5.43 Å². The molecule has 0 radical (unpaired) electrons. The maximum absolute atomic E-state index is 12.3. The molecule has 3 rings (SSSR count). The second kappa shape index (κ2) is 7.70. The monoisotopic (exact) mass is 340 g/mol. The Bertz CT molecular complexity index is 771. The van der Waals surface area contributed by atoms with Crippen molar-refractivity contribution < 1.29 is 19.0 Å². The van der Waals surface area contributed by atoms with Gasteiger partial charge in [-0.1, -0.05) is 19.1 Å².